The van der Waals surface area contributed by atoms with Crippen LogP contribution in [0.3, 0.4) is 0 Å². The Bertz CT molecular complexity index is 994. The van der Waals surface area contributed by atoms with Crippen LogP contribution in [0.4, 0.5) is 5.69 Å². The van der Waals surface area contributed by atoms with Crippen LogP contribution in [-0.4, -0.2) is 11.1 Å². The van der Waals surface area contributed by atoms with E-state index in [1.807, 2.05) is 36.4 Å². The van der Waals surface area contributed by atoms with Crippen LogP contribution in [0.1, 0.15) is 23.6 Å². The predicted molar refractivity (Wildman–Crippen MR) is 107 cm³/mol. The molecule has 0 amide bonds. The standard InChI is InChI=1S/C23H20N2O3/c1-23(22(26)27,25-20-12-10-17(15-24)11-13-20)19-8-5-9-21(14-19)28-16-18-6-3-2-4-7-18/h2-14,25H,16H2,1H3,(H,26,27). The second kappa shape index (κ2) is 8.28. The number of carbonyl (C=O) groups is 1. The Hall–Kier alpha value is -3.78. The van der Waals surface area contributed by atoms with Gasteiger partial charge in [-0.3, -0.25) is 0 Å². The highest BCUT2D eigenvalue weighted by Crippen LogP contribution is 2.29. The third kappa shape index (κ3) is 4.30. The second-order valence-corrected chi connectivity index (χ2v) is 6.55. The van der Waals surface area contributed by atoms with Crippen LogP contribution in [0.15, 0.2) is 78.9 Å². The van der Waals surface area contributed by atoms with Crippen LogP contribution < -0.4 is 10.1 Å². The maximum absolute atomic E-state index is 12.1. The minimum Gasteiger partial charge on any atom is -0.489 e. The molecule has 0 aromatic heterocycles. The zero-order valence-corrected chi connectivity index (χ0v) is 15.4. The van der Waals surface area contributed by atoms with Crippen molar-refractivity contribution < 1.29 is 14.6 Å². The van der Waals surface area contributed by atoms with Gasteiger partial charge in [-0.25, -0.2) is 4.79 Å². The Morgan fingerprint density at radius 3 is 2.43 bits per heavy atom. The van der Waals surface area contributed by atoms with E-state index in [1.165, 1.54) is 0 Å². The average Bonchev–Trinajstić information content (AvgIpc) is 2.73. The maximum Gasteiger partial charge on any atom is 0.333 e. The number of benzene rings is 3. The lowest BCUT2D eigenvalue weighted by Gasteiger charge is -2.28. The van der Waals surface area contributed by atoms with Gasteiger partial charge in [-0.15, -0.1) is 0 Å². The smallest absolute Gasteiger partial charge is 0.333 e. The normalized spacial score (nSPS) is 12.4. The third-order valence-electron chi connectivity index (χ3n) is 4.50. The van der Waals surface area contributed by atoms with Gasteiger partial charge >= 0.3 is 5.97 Å². The summed E-state index contributed by atoms with van der Waals surface area (Å²) in [6.07, 6.45) is 0. The van der Waals surface area contributed by atoms with Crippen LogP contribution in [-0.2, 0) is 16.9 Å². The van der Waals surface area contributed by atoms with E-state index in [-0.39, 0.29) is 0 Å². The number of hydrogen-bond acceptors (Lipinski definition) is 4. The van der Waals surface area contributed by atoms with Gasteiger partial charge in [0.1, 0.15) is 12.4 Å². The maximum atomic E-state index is 12.1. The van der Waals surface area contributed by atoms with Crippen LogP contribution in [0.5, 0.6) is 5.75 Å². The molecule has 0 aliphatic rings. The number of nitrogens with zero attached hydrogens (tertiary/aromatic N) is 1. The van der Waals surface area contributed by atoms with Crippen LogP contribution in [0.2, 0.25) is 0 Å². The summed E-state index contributed by atoms with van der Waals surface area (Å²) in [5.41, 5.74) is 1.36. The number of carboxylic acids is 1. The number of carboxylic acid groups (broad SMARTS) is 1. The number of nitriles is 1. The van der Waals surface area contributed by atoms with Gasteiger partial charge in [-0.1, -0.05) is 42.5 Å². The molecule has 0 heterocycles. The van der Waals surface area contributed by atoms with Gasteiger partial charge in [0.15, 0.2) is 5.54 Å². The molecule has 0 saturated heterocycles. The predicted octanol–water partition coefficient (Wildman–Crippen LogP) is 4.55. The molecule has 5 nitrogen and oxygen atoms in total. The summed E-state index contributed by atoms with van der Waals surface area (Å²) in [5.74, 6) is -0.424. The summed E-state index contributed by atoms with van der Waals surface area (Å²) in [4.78, 5) is 12.1. The Morgan fingerprint density at radius 2 is 1.79 bits per heavy atom. The molecule has 3 aromatic rings. The van der Waals surface area contributed by atoms with Crippen molar-refractivity contribution in [3.8, 4) is 11.8 Å². The highest BCUT2D eigenvalue weighted by Gasteiger charge is 2.35. The second-order valence-electron chi connectivity index (χ2n) is 6.55. The molecule has 1 atom stereocenters. The zero-order chi connectivity index (χ0) is 20.0. The molecule has 0 saturated carbocycles. The molecule has 0 bridgehead atoms. The van der Waals surface area contributed by atoms with Crippen molar-refractivity contribution in [3.63, 3.8) is 0 Å². The summed E-state index contributed by atoms with van der Waals surface area (Å²) >= 11 is 0. The summed E-state index contributed by atoms with van der Waals surface area (Å²) in [6, 6.07) is 25.5. The van der Waals surface area contributed by atoms with E-state index in [1.54, 1.807) is 55.5 Å². The van der Waals surface area contributed by atoms with E-state index < -0.39 is 11.5 Å². The van der Waals surface area contributed by atoms with Crippen molar-refractivity contribution in [2.24, 2.45) is 0 Å². The first kappa shape index (κ1) is 19.0. The summed E-state index contributed by atoms with van der Waals surface area (Å²) in [5, 5.41) is 21.9. The largest absolute Gasteiger partial charge is 0.489 e. The molecule has 3 rings (SSSR count). The Morgan fingerprint density at radius 1 is 1.07 bits per heavy atom. The molecule has 5 heteroatoms. The quantitative estimate of drug-likeness (QED) is 0.636. The van der Waals surface area contributed by atoms with Crippen LogP contribution in [0.25, 0.3) is 0 Å². The van der Waals surface area contributed by atoms with Crippen molar-refractivity contribution in [3.05, 3.63) is 95.6 Å². The van der Waals surface area contributed by atoms with Crippen LogP contribution in [0, 0.1) is 11.3 Å². The van der Waals surface area contributed by atoms with E-state index in [4.69, 9.17) is 10.00 Å². The van der Waals surface area contributed by atoms with E-state index >= 15 is 0 Å². The molecule has 0 fully saturated rings. The number of rotatable bonds is 7. The number of nitrogens with one attached hydrogen (secondary N) is 1. The van der Waals surface area contributed by atoms with Gasteiger partial charge in [0.05, 0.1) is 11.6 Å². The fraction of sp³-hybridized carbons (Fsp3) is 0.130. The number of anilines is 1. The highest BCUT2D eigenvalue weighted by atomic mass is 16.5. The number of ether oxygens (including phenoxy) is 1. The monoisotopic (exact) mass is 372 g/mol. The minimum atomic E-state index is -1.36. The molecule has 0 radical (unpaired) electrons. The molecule has 3 aromatic carbocycles. The van der Waals surface area contributed by atoms with E-state index in [0.717, 1.165) is 5.56 Å². The topological polar surface area (TPSA) is 82.4 Å². The molecule has 0 aliphatic carbocycles. The number of hydrogen-bond donors (Lipinski definition) is 2. The first-order valence-electron chi connectivity index (χ1n) is 8.80. The van der Waals surface area contributed by atoms with Gasteiger partial charge in [0.2, 0.25) is 0 Å². The van der Waals surface area contributed by atoms with Crippen molar-refractivity contribution in [1.82, 2.24) is 0 Å². The molecular formula is C23H20N2O3. The van der Waals surface area contributed by atoms with Gasteiger partial charge in [0, 0.05) is 5.69 Å². The Balaban J connectivity index is 1.82. The number of aliphatic carboxylic acids is 1. The van der Waals surface area contributed by atoms with Gasteiger partial charge < -0.3 is 15.2 Å². The summed E-state index contributed by atoms with van der Waals surface area (Å²) in [7, 11) is 0. The van der Waals surface area contributed by atoms with Gasteiger partial charge in [-0.05, 0) is 54.4 Å². The third-order valence-corrected chi connectivity index (χ3v) is 4.50. The SMILES string of the molecule is CC(Nc1ccc(C#N)cc1)(C(=O)O)c1cccc(OCc2ccccc2)c1. The average molecular weight is 372 g/mol. The fourth-order valence-corrected chi connectivity index (χ4v) is 2.80. The molecule has 2 N–H and O–H groups in total. The minimum absolute atomic E-state index is 0.400. The van der Waals surface area contributed by atoms with Crippen LogP contribution >= 0.6 is 0 Å². The fourth-order valence-electron chi connectivity index (χ4n) is 2.80. The van der Waals surface area contributed by atoms with E-state index in [0.29, 0.717) is 29.2 Å². The highest BCUT2D eigenvalue weighted by molar-refractivity contribution is 5.84. The first-order chi connectivity index (χ1) is 13.5. The van der Waals surface area contributed by atoms with Crippen molar-refractivity contribution in [2.75, 3.05) is 5.32 Å². The Kier molecular flexibility index (Phi) is 5.61. The molecule has 0 spiro atoms. The van der Waals surface area contributed by atoms with Gasteiger partial charge in [0.25, 0.3) is 0 Å². The lowest BCUT2D eigenvalue weighted by Crippen LogP contribution is -2.40. The molecule has 140 valence electrons. The van der Waals surface area contributed by atoms with Crippen molar-refractivity contribution in [2.45, 2.75) is 19.1 Å². The van der Waals surface area contributed by atoms with E-state index in [2.05, 4.69) is 5.32 Å². The van der Waals surface area contributed by atoms with Crippen molar-refractivity contribution >= 4 is 11.7 Å². The molecule has 1 unspecified atom stereocenters. The van der Waals surface area contributed by atoms with Crippen molar-refractivity contribution in [1.29, 1.82) is 5.26 Å². The summed E-state index contributed by atoms with van der Waals surface area (Å²) < 4.78 is 5.83. The molecular weight excluding hydrogens is 352 g/mol. The Labute approximate surface area is 163 Å². The van der Waals surface area contributed by atoms with E-state index in [9.17, 15) is 9.90 Å². The lowest BCUT2D eigenvalue weighted by molar-refractivity contribution is -0.142. The first-order valence-corrected chi connectivity index (χ1v) is 8.80. The van der Waals surface area contributed by atoms with Gasteiger partial charge in [-0.2, -0.15) is 5.26 Å². The summed E-state index contributed by atoms with van der Waals surface area (Å²) in [6.45, 7) is 2.00. The molecule has 28 heavy (non-hydrogen) atoms. The lowest BCUT2D eigenvalue weighted by atomic mass is 9.91. The molecule has 0 aliphatic heterocycles. The zero-order valence-electron chi connectivity index (χ0n) is 15.4.